The van der Waals surface area contributed by atoms with E-state index in [-0.39, 0.29) is 11.5 Å². The molecule has 1 aliphatic heterocycles. The predicted molar refractivity (Wildman–Crippen MR) is 106 cm³/mol. The van der Waals surface area contributed by atoms with Crippen molar-refractivity contribution in [3.8, 4) is 6.07 Å². The first-order valence-corrected chi connectivity index (χ1v) is 9.29. The first-order chi connectivity index (χ1) is 13.2. The number of piperidine rings is 1. The second-order valence-electron chi connectivity index (χ2n) is 6.91. The average Bonchev–Trinajstić information content (AvgIpc) is 2.71. The van der Waals surface area contributed by atoms with Crippen molar-refractivity contribution in [2.45, 2.75) is 26.2 Å². The van der Waals surface area contributed by atoms with E-state index in [9.17, 15) is 10.1 Å². The van der Waals surface area contributed by atoms with Gasteiger partial charge in [-0.2, -0.15) is 5.26 Å². The Labute approximate surface area is 160 Å². The van der Waals surface area contributed by atoms with Gasteiger partial charge in [0.25, 0.3) is 5.91 Å². The maximum Gasteiger partial charge on any atom is 0.266 e. The lowest BCUT2D eigenvalue weighted by Gasteiger charge is -2.32. The summed E-state index contributed by atoms with van der Waals surface area (Å²) in [4.78, 5) is 18.7. The molecule has 5 heteroatoms. The van der Waals surface area contributed by atoms with Gasteiger partial charge in [-0.3, -0.25) is 4.79 Å². The highest BCUT2D eigenvalue weighted by Gasteiger charge is 2.25. The molecule has 0 atom stereocenters. The Morgan fingerprint density at radius 3 is 2.67 bits per heavy atom. The summed E-state index contributed by atoms with van der Waals surface area (Å²) < 4.78 is 0. The molecule has 1 amide bonds. The Morgan fingerprint density at radius 1 is 1.26 bits per heavy atom. The van der Waals surface area contributed by atoms with Gasteiger partial charge in [-0.25, -0.2) is 4.98 Å². The number of aryl methyl sites for hydroxylation is 1. The van der Waals surface area contributed by atoms with E-state index in [0.29, 0.717) is 24.8 Å². The zero-order valence-corrected chi connectivity index (χ0v) is 15.6. The molecule has 0 spiro atoms. The number of pyridine rings is 1. The zero-order valence-electron chi connectivity index (χ0n) is 15.6. The zero-order chi connectivity index (χ0) is 19.1. The second kappa shape index (κ2) is 9.00. The molecule has 1 fully saturated rings. The Morgan fingerprint density at radius 2 is 2.00 bits per heavy atom. The predicted octanol–water partition coefficient (Wildman–Crippen LogP) is 3.69. The van der Waals surface area contributed by atoms with Crippen molar-refractivity contribution in [1.82, 2.24) is 9.88 Å². The summed E-state index contributed by atoms with van der Waals surface area (Å²) >= 11 is 0. The van der Waals surface area contributed by atoms with Crippen molar-refractivity contribution in [2.24, 2.45) is 5.92 Å². The van der Waals surface area contributed by atoms with E-state index in [2.05, 4.69) is 34.6 Å². The first-order valence-electron chi connectivity index (χ1n) is 9.29. The number of hydrogen-bond acceptors (Lipinski definition) is 4. The highest BCUT2D eigenvalue weighted by Crippen LogP contribution is 2.22. The monoisotopic (exact) mass is 360 g/mol. The number of benzene rings is 1. The van der Waals surface area contributed by atoms with Gasteiger partial charge in [0.2, 0.25) is 0 Å². The van der Waals surface area contributed by atoms with Crippen LogP contribution in [0.1, 0.15) is 24.0 Å². The van der Waals surface area contributed by atoms with Gasteiger partial charge in [0.1, 0.15) is 17.5 Å². The Kier molecular flexibility index (Phi) is 6.22. The van der Waals surface area contributed by atoms with Gasteiger partial charge in [-0.1, -0.05) is 36.4 Å². The van der Waals surface area contributed by atoms with Gasteiger partial charge in [-0.05, 0) is 49.3 Å². The van der Waals surface area contributed by atoms with Crippen LogP contribution in [0.15, 0.2) is 60.4 Å². The summed E-state index contributed by atoms with van der Waals surface area (Å²) in [6, 6.07) is 16.3. The molecule has 0 radical (unpaired) electrons. The smallest absolute Gasteiger partial charge is 0.266 e. The normalized spacial score (nSPS) is 15.3. The number of amides is 1. The molecule has 1 aromatic carbocycles. The van der Waals surface area contributed by atoms with Crippen molar-refractivity contribution < 1.29 is 4.79 Å². The highest BCUT2D eigenvalue weighted by atomic mass is 16.2. The van der Waals surface area contributed by atoms with E-state index in [1.807, 2.05) is 31.2 Å². The van der Waals surface area contributed by atoms with Gasteiger partial charge in [0.15, 0.2) is 0 Å². The maximum absolute atomic E-state index is 12.7. The number of anilines is 1. The minimum atomic E-state index is -0.211. The number of likely N-dealkylation sites (tertiary alicyclic amines) is 1. The summed E-state index contributed by atoms with van der Waals surface area (Å²) in [5, 5.41) is 12.4. The van der Waals surface area contributed by atoms with Crippen LogP contribution in [-0.4, -0.2) is 28.9 Å². The van der Waals surface area contributed by atoms with E-state index in [1.54, 1.807) is 11.1 Å². The van der Waals surface area contributed by atoms with Gasteiger partial charge < -0.3 is 10.2 Å². The van der Waals surface area contributed by atoms with Gasteiger partial charge in [-0.15, -0.1) is 0 Å². The van der Waals surface area contributed by atoms with E-state index in [1.165, 1.54) is 11.8 Å². The topological polar surface area (TPSA) is 69.0 Å². The molecule has 0 saturated carbocycles. The molecule has 3 rings (SSSR count). The van der Waals surface area contributed by atoms with Crippen molar-refractivity contribution in [1.29, 1.82) is 5.26 Å². The van der Waals surface area contributed by atoms with Gasteiger partial charge in [0, 0.05) is 25.5 Å². The molecule has 0 aliphatic carbocycles. The van der Waals surface area contributed by atoms with E-state index < -0.39 is 0 Å². The summed E-state index contributed by atoms with van der Waals surface area (Å²) in [7, 11) is 0. The molecule has 1 aliphatic rings. The van der Waals surface area contributed by atoms with E-state index in [4.69, 9.17) is 0 Å². The van der Waals surface area contributed by atoms with Crippen molar-refractivity contribution in [3.63, 3.8) is 0 Å². The van der Waals surface area contributed by atoms with Gasteiger partial charge >= 0.3 is 0 Å². The molecular formula is C22H24N4O. The molecule has 0 bridgehead atoms. The number of hydrogen-bond donors (Lipinski definition) is 1. The molecule has 0 unspecified atom stereocenters. The Bertz CT molecular complexity index is 846. The van der Waals surface area contributed by atoms with Crippen LogP contribution in [0, 0.1) is 24.2 Å². The third-order valence-corrected chi connectivity index (χ3v) is 4.98. The maximum atomic E-state index is 12.7. The fraction of sp³-hybridized carbons (Fsp3) is 0.318. The number of aromatic nitrogens is 1. The third kappa shape index (κ3) is 4.95. The largest absolute Gasteiger partial charge is 0.345 e. The number of rotatable bonds is 5. The Balaban J connectivity index is 1.56. The molecule has 1 saturated heterocycles. The molecule has 27 heavy (non-hydrogen) atoms. The van der Waals surface area contributed by atoms with Gasteiger partial charge in [0.05, 0.1) is 0 Å². The van der Waals surface area contributed by atoms with Crippen LogP contribution in [0.3, 0.4) is 0 Å². The van der Waals surface area contributed by atoms with Crippen molar-refractivity contribution >= 4 is 11.7 Å². The molecule has 1 aromatic heterocycles. The number of nitrogens with zero attached hydrogens (tertiary/aromatic N) is 3. The van der Waals surface area contributed by atoms with Crippen LogP contribution in [0.25, 0.3) is 0 Å². The fourth-order valence-corrected chi connectivity index (χ4v) is 3.38. The van der Waals surface area contributed by atoms with Crippen LogP contribution >= 0.6 is 0 Å². The molecular weight excluding hydrogens is 336 g/mol. The Hall–Kier alpha value is -3.13. The first kappa shape index (κ1) is 18.7. The SMILES string of the molecule is Cc1cccnc1N/C=C(/C#N)C(=O)N1CCC(Cc2ccccc2)CC1. The van der Waals surface area contributed by atoms with Crippen LogP contribution in [0.4, 0.5) is 5.82 Å². The molecule has 2 heterocycles. The standard InChI is InChI=1S/C22H24N4O/c1-17-6-5-11-24-21(17)25-16-20(15-23)22(27)26-12-9-19(10-13-26)14-18-7-3-2-4-8-18/h2-8,11,16,19H,9-10,12-14H2,1H3,(H,24,25)/b20-16-. The number of nitriles is 1. The summed E-state index contributed by atoms with van der Waals surface area (Å²) in [6.07, 6.45) is 6.12. The lowest BCUT2D eigenvalue weighted by atomic mass is 9.90. The lowest BCUT2D eigenvalue weighted by molar-refractivity contribution is -0.128. The second-order valence-corrected chi connectivity index (χ2v) is 6.91. The minimum absolute atomic E-state index is 0.113. The van der Waals surface area contributed by atoms with Crippen LogP contribution in [-0.2, 0) is 11.2 Å². The fourth-order valence-electron chi connectivity index (χ4n) is 3.38. The van der Waals surface area contributed by atoms with Crippen molar-refractivity contribution in [2.75, 3.05) is 18.4 Å². The quantitative estimate of drug-likeness (QED) is 0.652. The average molecular weight is 360 g/mol. The molecule has 2 aromatic rings. The number of nitrogens with one attached hydrogen (secondary N) is 1. The number of carbonyl (C=O) groups excluding carboxylic acids is 1. The van der Waals surface area contributed by atoms with Crippen LogP contribution < -0.4 is 5.32 Å². The van der Waals surface area contributed by atoms with Crippen molar-refractivity contribution in [3.05, 3.63) is 71.6 Å². The third-order valence-electron chi connectivity index (χ3n) is 4.98. The lowest BCUT2D eigenvalue weighted by Crippen LogP contribution is -2.39. The van der Waals surface area contributed by atoms with E-state index >= 15 is 0 Å². The highest BCUT2D eigenvalue weighted by molar-refractivity contribution is 5.97. The summed E-state index contributed by atoms with van der Waals surface area (Å²) in [5.74, 6) is 1.02. The number of carbonyl (C=O) groups is 1. The summed E-state index contributed by atoms with van der Waals surface area (Å²) in [6.45, 7) is 3.31. The van der Waals surface area contributed by atoms with E-state index in [0.717, 1.165) is 24.8 Å². The molecule has 138 valence electrons. The van der Waals surface area contributed by atoms with Crippen LogP contribution in [0.2, 0.25) is 0 Å². The minimum Gasteiger partial charge on any atom is -0.345 e. The molecule has 1 N–H and O–H groups in total. The van der Waals surface area contributed by atoms with Crippen LogP contribution in [0.5, 0.6) is 0 Å². The summed E-state index contributed by atoms with van der Waals surface area (Å²) in [5.41, 5.74) is 2.41. The molecule has 5 nitrogen and oxygen atoms in total.